The number of amides is 1. The molecule has 0 bridgehead atoms. The van der Waals surface area contributed by atoms with E-state index in [-0.39, 0.29) is 10.6 Å². The van der Waals surface area contributed by atoms with Crippen LogP contribution in [0.1, 0.15) is 23.7 Å². The first-order valence-electron chi connectivity index (χ1n) is 4.99. The molecule has 1 rings (SSSR count). The molecular formula is C12H13ClFNO. The summed E-state index contributed by atoms with van der Waals surface area (Å²) in [6.45, 7) is 2.39. The summed E-state index contributed by atoms with van der Waals surface area (Å²) in [7, 11) is 0. The van der Waals surface area contributed by atoms with Crippen molar-refractivity contribution in [2.24, 2.45) is 0 Å². The molecule has 0 spiro atoms. The average molecular weight is 242 g/mol. The lowest BCUT2D eigenvalue weighted by molar-refractivity contribution is 0.0950. The fourth-order valence-corrected chi connectivity index (χ4v) is 1.36. The van der Waals surface area contributed by atoms with Crippen LogP contribution in [-0.2, 0) is 0 Å². The molecule has 0 aliphatic rings. The summed E-state index contributed by atoms with van der Waals surface area (Å²) >= 11 is 5.59. The molecular weight excluding hydrogens is 229 g/mol. The third kappa shape index (κ3) is 3.66. The Morgan fingerprint density at radius 1 is 1.56 bits per heavy atom. The maximum atomic E-state index is 13.3. The van der Waals surface area contributed by atoms with Crippen LogP contribution in [0.2, 0.25) is 5.02 Å². The van der Waals surface area contributed by atoms with E-state index < -0.39 is 11.7 Å². The van der Waals surface area contributed by atoms with Crippen molar-refractivity contribution < 1.29 is 9.18 Å². The molecule has 2 nitrogen and oxygen atoms in total. The van der Waals surface area contributed by atoms with Gasteiger partial charge in [-0.25, -0.2) is 4.39 Å². The molecule has 0 saturated carbocycles. The van der Waals surface area contributed by atoms with Gasteiger partial charge in [-0.05, 0) is 31.5 Å². The van der Waals surface area contributed by atoms with Gasteiger partial charge in [-0.15, -0.1) is 0 Å². The van der Waals surface area contributed by atoms with Crippen molar-refractivity contribution >= 4 is 17.5 Å². The van der Waals surface area contributed by atoms with Gasteiger partial charge in [0.1, 0.15) is 5.82 Å². The molecule has 1 aromatic rings. The van der Waals surface area contributed by atoms with Crippen LogP contribution in [0.4, 0.5) is 4.39 Å². The molecule has 4 heteroatoms. The number of carbonyl (C=O) groups excluding carboxylic acids is 1. The highest BCUT2D eigenvalue weighted by atomic mass is 35.5. The van der Waals surface area contributed by atoms with E-state index in [1.54, 1.807) is 0 Å². The summed E-state index contributed by atoms with van der Waals surface area (Å²) in [6, 6.07) is 4.00. The minimum Gasteiger partial charge on any atom is -0.352 e. The van der Waals surface area contributed by atoms with Gasteiger partial charge in [0.05, 0.1) is 5.56 Å². The van der Waals surface area contributed by atoms with Crippen molar-refractivity contribution in [3.8, 4) is 0 Å². The Labute approximate surface area is 99.1 Å². The number of hydrogen-bond donors (Lipinski definition) is 1. The number of carbonyl (C=O) groups is 1. The van der Waals surface area contributed by atoms with Crippen molar-refractivity contribution in [2.45, 2.75) is 13.3 Å². The maximum Gasteiger partial charge on any atom is 0.254 e. The van der Waals surface area contributed by atoms with Crippen LogP contribution >= 0.6 is 11.6 Å². The smallest absolute Gasteiger partial charge is 0.254 e. The third-order valence-corrected chi connectivity index (χ3v) is 2.24. The zero-order chi connectivity index (χ0) is 12.0. The third-order valence-electron chi connectivity index (χ3n) is 2.01. The first-order chi connectivity index (χ1) is 7.65. The summed E-state index contributed by atoms with van der Waals surface area (Å²) in [4.78, 5) is 11.5. The van der Waals surface area contributed by atoms with Crippen LogP contribution in [0, 0.1) is 5.82 Å². The van der Waals surface area contributed by atoms with Crippen LogP contribution in [0.15, 0.2) is 30.4 Å². The Bertz CT molecular complexity index is 404. The highest BCUT2D eigenvalue weighted by Crippen LogP contribution is 2.14. The summed E-state index contributed by atoms with van der Waals surface area (Å²) in [5, 5.41) is 2.90. The molecule has 0 fully saturated rings. The van der Waals surface area contributed by atoms with E-state index in [2.05, 4.69) is 5.32 Å². The van der Waals surface area contributed by atoms with E-state index in [9.17, 15) is 9.18 Å². The van der Waals surface area contributed by atoms with Crippen molar-refractivity contribution in [1.29, 1.82) is 0 Å². The highest BCUT2D eigenvalue weighted by molar-refractivity contribution is 6.30. The first kappa shape index (κ1) is 12.7. The summed E-state index contributed by atoms with van der Waals surface area (Å²) in [5.41, 5.74) is 0.0184. The standard InChI is InChI=1S/C12H13ClFNO/c1-2-3-4-7-15-12(16)10-6-5-9(13)8-11(10)14/h2-3,5-6,8H,4,7H2,1H3,(H,15,16)/b3-2+. The molecule has 0 radical (unpaired) electrons. The molecule has 0 aromatic heterocycles. The van der Waals surface area contributed by atoms with Crippen LogP contribution in [0.3, 0.4) is 0 Å². The van der Waals surface area contributed by atoms with Crippen molar-refractivity contribution in [1.82, 2.24) is 5.32 Å². The van der Waals surface area contributed by atoms with Gasteiger partial charge in [0.2, 0.25) is 0 Å². The Balaban J connectivity index is 2.59. The minimum absolute atomic E-state index is 0.0184. The van der Waals surface area contributed by atoms with Gasteiger partial charge < -0.3 is 5.32 Å². The lowest BCUT2D eigenvalue weighted by Gasteiger charge is -2.04. The van der Waals surface area contributed by atoms with Crippen molar-refractivity contribution in [3.05, 3.63) is 46.8 Å². The number of halogens is 2. The van der Waals surface area contributed by atoms with Crippen molar-refractivity contribution in [2.75, 3.05) is 6.54 Å². The number of hydrogen-bond acceptors (Lipinski definition) is 1. The Kier molecular flexibility index (Phi) is 4.99. The molecule has 1 N–H and O–H groups in total. The SMILES string of the molecule is C/C=C/CCNC(=O)c1ccc(Cl)cc1F. The van der Waals surface area contributed by atoms with Gasteiger partial charge in [0.15, 0.2) is 0 Å². The van der Waals surface area contributed by atoms with E-state index in [0.29, 0.717) is 6.54 Å². The molecule has 0 aliphatic carbocycles. The molecule has 1 aromatic carbocycles. The Hall–Kier alpha value is -1.35. The van der Waals surface area contributed by atoms with Gasteiger partial charge >= 0.3 is 0 Å². The topological polar surface area (TPSA) is 29.1 Å². The molecule has 0 atom stereocenters. The zero-order valence-electron chi connectivity index (χ0n) is 8.97. The van der Waals surface area contributed by atoms with Crippen LogP contribution in [0.5, 0.6) is 0 Å². The van der Waals surface area contributed by atoms with Gasteiger partial charge in [-0.1, -0.05) is 23.8 Å². The van der Waals surface area contributed by atoms with E-state index in [0.717, 1.165) is 12.5 Å². The largest absolute Gasteiger partial charge is 0.352 e. The molecule has 0 aliphatic heterocycles. The van der Waals surface area contributed by atoms with Gasteiger partial charge in [0.25, 0.3) is 5.91 Å². The summed E-state index contributed by atoms with van der Waals surface area (Å²) in [5.74, 6) is -1.02. The normalized spacial score (nSPS) is 10.7. The summed E-state index contributed by atoms with van der Waals surface area (Å²) in [6.07, 6.45) is 4.56. The van der Waals surface area contributed by atoms with Crippen LogP contribution < -0.4 is 5.32 Å². The van der Waals surface area contributed by atoms with Gasteiger partial charge in [-0.3, -0.25) is 4.79 Å². The Morgan fingerprint density at radius 3 is 2.94 bits per heavy atom. The Morgan fingerprint density at radius 2 is 2.31 bits per heavy atom. The number of nitrogens with one attached hydrogen (secondary N) is 1. The minimum atomic E-state index is -0.601. The second-order valence-corrected chi connectivity index (χ2v) is 3.67. The molecule has 16 heavy (non-hydrogen) atoms. The van der Waals surface area contributed by atoms with E-state index in [4.69, 9.17) is 11.6 Å². The quantitative estimate of drug-likeness (QED) is 0.637. The highest BCUT2D eigenvalue weighted by Gasteiger charge is 2.10. The van der Waals surface area contributed by atoms with E-state index >= 15 is 0 Å². The van der Waals surface area contributed by atoms with E-state index in [1.165, 1.54) is 12.1 Å². The predicted molar refractivity (Wildman–Crippen MR) is 63.2 cm³/mol. The second-order valence-electron chi connectivity index (χ2n) is 3.24. The zero-order valence-corrected chi connectivity index (χ0v) is 9.72. The maximum absolute atomic E-state index is 13.3. The van der Waals surface area contributed by atoms with Gasteiger partial charge in [0, 0.05) is 11.6 Å². The lowest BCUT2D eigenvalue weighted by atomic mass is 10.2. The predicted octanol–water partition coefficient (Wildman–Crippen LogP) is 3.18. The lowest BCUT2D eigenvalue weighted by Crippen LogP contribution is -2.25. The van der Waals surface area contributed by atoms with Crippen LogP contribution in [0.25, 0.3) is 0 Å². The molecule has 0 heterocycles. The average Bonchev–Trinajstić information content (AvgIpc) is 2.24. The van der Waals surface area contributed by atoms with E-state index in [1.807, 2.05) is 19.1 Å². The fourth-order valence-electron chi connectivity index (χ4n) is 1.20. The molecule has 86 valence electrons. The summed E-state index contributed by atoms with van der Waals surface area (Å²) < 4.78 is 13.3. The van der Waals surface area contributed by atoms with Crippen molar-refractivity contribution in [3.63, 3.8) is 0 Å². The monoisotopic (exact) mass is 241 g/mol. The number of allylic oxidation sites excluding steroid dienone is 1. The molecule has 0 saturated heterocycles. The molecule has 1 amide bonds. The molecule has 0 unspecified atom stereocenters. The second kappa shape index (κ2) is 6.28. The van der Waals surface area contributed by atoms with Gasteiger partial charge in [-0.2, -0.15) is 0 Å². The fraction of sp³-hybridized carbons (Fsp3) is 0.250. The first-order valence-corrected chi connectivity index (χ1v) is 5.37. The number of rotatable bonds is 4. The van der Waals surface area contributed by atoms with Crippen LogP contribution in [-0.4, -0.2) is 12.5 Å². The number of benzene rings is 1.